The zero-order chi connectivity index (χ0) is 21.8. The van der Waals surface area contributed by atoms with Crippen LogP contribution in [0.3, 0.4) is 0 Å². The number of piperidine rings is 1. The summed E-state index contributed by atoms with van der Waals surface area (Å²) in [6, 6.07) is 12.0. The first kappa shape index (κ1) is 21.9. The van der Waals surface area contributed by atoms with Crippen LogP contribution in [0.1, 0.15) is 36.3 Å². The first-order valence-corrected chi connectivity index (χ1v) is 11.2. The third-order valence-electron chi connectivity index (χ3n) is 6.82. The van der Waals surface area contributed by atoms with Gasteiger partial charge in [0.2, 0.25) is 5.91 Å². The van der Waals surface area contributed by atoms with Crippen molar-refractivity contribution in [3.05, 3.63) is 53.5 Å². The summed E-state index contributed by atoms with van der Waals surface area (Å²) in [6.45, 7) is 6.57. The number of benzene rings is 1. The Balaban J connectivity index is 1.19. The van der Waals surface area contributed by atoms with Gasteiger partial charge in [-0.25, -0.2) is 0 Å². The molecule has 168 valence electrons. The lowest BCUT2D eigenvalue weighted by atomic mass is 9.90. The summed E-state index contributed by atoms with van der Waals surface area (Å²) < 4.78 is 16.7. The second kappa shape index (κ2) is 9.45. The molecule has 2 fully saturated rings. The Bertz CT molecular complexity index is 868. The van der Waals surface area contributed by atoms with Crippen LogP contribution in [0, 0.1) is 18.3 Å². The molecule has 2 heterocycles. The summed E-state index contributed by atoms with van der Waals surface area (Å²) in [6.07, 6.45) is 3.20. The van der Waals surface area contributed by atoms with Gasteiger partial charge >= 0.3 is 0 Å². The monoisotopic (exact) mass is 426 g/mol. The molecule has 1 amide bonds. The van der Waals surface area contributed by atoms with Crippen molar-refractivity contribution in [1.82, 2.24) is 9.80 Å². The van der Waals surface area contributed by atoms with E-state index in [1.165, 1.54) is 5.56 Å². The number of nitrogens with zero attached hydrogens (tertiary/aromatic N) is 2. The second-order valence-electron chi connectivity index (χ2n) is 9.12. The maximum atomic E-state index is 12.9. The van der Waals surface area contributed by atoms with E-state index in [0.29, 0.717) is 19.8 Å². The summed E-state index contributed by atoms with van der Waals surface area (Å²) >= 11 is 0. The van der Waals surface area contributed by atoms with Gasteiger partial charge in [-0.2, -0.15) is 0 Å². The van der Waals surface area contributed by atoms with Crippen molar-refractivity contribution in [2.45, 2.75) is 39.3 Å². The highest BCUT2D eigenvalue weighted by Crippen LogP contribution is 2.60. The summed E-state index contributed by atoms with van der Waals surface area (Å²) in [5, 5.41) is 0. The Morgan fingerprint density at radius 1 is 1.16 bits per heavy atom. The van der Waals surface area contributed by atoms with Crippen LogP contribution < -0.4 is 4.74 Å². The number of hydrogen-bond acceptors (Lipinski definition) is 5. The van der Waals surface area contributed by atoms with Crippen LogP contribution in [-0.2, 0) is 22.7 Å². The van der Waals surface area contributed by atoms with Gasteiger partial charge in [-0.05, 0) is 69.0 Å². The van der Waals surface area contributed by atoms with Crippen molar-refractivity contribution in [3.63, 3.8) is 0 Å². The Kier molecular flexibility index (Phi) is 6.68. The SMILES string of the molecule is COCc1ccc(CN2CCC3(CC2)CC3C(=O)N(C)CCOc2ccc(C)cc2)o1. The van der Waals surface area contributed by atoms with Gasteiger partial charge in [-0.15, -0.1) is 0 Å². The predicted molar refractivity (Wildman–Crippen MR) is 119 cm³/mol. The van der Waals surface area contributed by atoms with E-state index in [-0.39, 0.29) is 17.2 Å². The highest BCUT2D eigenvalue weighted by atomic mass is 16.5. The van der Waals surface area contributed by atoms with Crippen LogP contribution in [0.5, 0.6) is 5.75 Å². The molecular weight excluding hydrogens is 392 g/mol. The molecule has 1 aliphatic carbocycles. The fourth-order valence-electron chi connectivity index (χ4n) is 4.66. The molecule has 0 radical (unpaired) electrons. The Hall–Kier alpha value is -2.31. The number of likely N-dealkylation sites (tertiary alicyclic amines) is 1. The lowest BCUT2D eigenvalue weighted by Gasteiger charge is -2.32. The number of carbonyl (C=O) groups excluding carboxylic acids is 1. The van der Waals surface area contributed by atoms with E-state index >= 15 is 0 Å². The van der Waals surface area contributed by atoms with E-state index < -0.39 is 0 Å². The Morgan fingerprint density at radius 3 is 2.58 bits per heavy atom. The van der Waals surface area contributed by atoms with Crippen molar-refractivity contribution in [2.24, 2.45) is 11.3 Å². The van der Waals surface area contributed by atoms with Gasteiger partial charge in [0.1, 0.15) is 30.5 Å². The highest BCUT2D eigenvalue weighted by molar-refractivity contribution is 5.82. The van der Waals surface area contributed by atoms with Crippen LogP contribution in [-0.4, -0.2) is 56.1 Å². The number of likely N-dealkylation sites (N-methyl/N-ethyl adjacent to an activating group) is 1. The van der Waals surface area contributed by atoms with Gasteiger partial charge in [0, 0.05) is 20.1 Å². The summed E-state index contributed by atoms with van der Waals surface area (Å²) in [5.74, 6) is 3.16. The molecule has 1 aromatic heterocycles. The molecule has 1 saturated heterocycles. The van der Waals surface area contributed by atoms with Crippen molar-refractivity contribution in [3.8, 4) is 5.75 Å². The van der Waals surface area contributed by atoms with Crippen molar-refractivity contribution in [2.75, 3.05) is 40.4 Å². The molecular formula is C25H34N2O4. The molecule has 1 saturated carbocycles. The van der Waals surface area contributed by atoms with Gasteiger partial charge in [-0.3, -0.25) is 9.69 Å². The average Bonchev–Trinajstić information content (AvgIpc) is 3.29. The summed E-state index contributed by atoms with van der Waals surface area (Å²) in [5.41, 5.74) is 1.43. The molecule has 1 unspecified atom stereocenters. The zero-order valence-electron chi connectivity index (χ0n) is 18.9. The van der Waals surface area contributed by atoms with Gasteiger partial charge in [0.25, 0.3) is 0 Å². The van der Waals surface area contributed by atoms with Crippen LogP contribution >= 0.6 is 0 Å². The fraction of sp³-hybridized carbons (Fsp3) is 0.560. The molecule has 6 nitrogen and oxygen atoms in total. The average molecular weight is 427 g/mol. The molecule has 0 N–H and O–H groups in total. The molecule has 1 aliphatic heterocycles. The molecule has 2 aliphatic rings. The molecule has 1 spiro atoms. The smallest absolute Gasteiger partial charge is 0.226 e. The quantitative estimate of drug-likeness (QED) is 0.609. The minimum atomic E-state index is 0.177. The Labute approximate surface area is 185 Å². The molecule has 0 bridgehead atoms. The molecule has 1 atom stereocenters. The number of carbonyl (C=O) groups is 1. The largest absolute Gasteiger partial charge is 0.492 e. The lowest BCUT2D eigenvalue weighted by molar-refractivity contribution is -0.132. The number of rotatable bonds is 9. The number of hydrogen-bond donors (Lipinski definition) is 0. The van der Waals surface area contributed by atoms with Crippen LogP contribution in [0.15, 0.2) is 40.8 Å². The number of ether oxygens (including phenoxy) is 2. The minimum Gasteiger partial charge on any atom is -0.492 e. The van der Waals surface area contributed by atoms with Crippen LogP contribution in [0.4, 0.5) is 0 Å². The first-order valence-electron chi connectivity index (χ1n) is 11.2. The summed E-state index contributed by atoms with van der Waals surface area (Å²) in [4.78, 5) is 17.2. The van der Waals surface area contributed by atoms with Gasteiger partial charge < -0.3 is 18.8 Å². The number of amides is 1. The van der Waals surface area contributed by atoms with Crippen molar-refractivity contribution in [1.29, 1.82) is 0 Å². The van der Waals surface area contributed by atoms with E-state index in [1.54, 1.807) is 7.11 Å². The number of furan rings is 1. The third-order valence-corrected chi connectivity index (χ3v) is 6.82. The van der Waals surface area contributed by atoms with Gasteiger partial charge in [0.05, 0.1) is 13.1 Å². The predicted octanol–water partition coefficient (Wildman–Crippen LogP) is 3.87. The second-order valence-corrected chi connectivity index (χ2v) is 9.12. The van der Waals surface area contributed by atoms with E-state index in [2.05, 4.69) is 11.8 Å². The topological polar surface area (TPSA) is 55.2 Å². The standard InChI is InChI=1S/C25H34N2O4/c1-19-4-6-20(7-5-19)30-15-14-26(2)24(28)23-16-25(23)10-12-27(13-11-25)17-21-8-9-22(31-21)18-29-3/h4-9,23H,10-18H2,1-3H3. The molecule has 4 rings (SSSR count). The third kappa shape index (κ3) is 5.31. The summed E-state index contributed by atoms with van der Waals surface area (Å²) in [7, 11) is 3.57. The maximum Gasteiger partial charge on any atom is 0.226 e. The van der Waals surface area contributed by atoms with Crippen LogP contribution in [0.25, 0.3) is 0 Å². The number of methoxy groups -OCH3 is 1. The minimum absolute atomic E-state index is 0.177. The zero-order valence-corrected chi connectivity index (χ0v) is 18.9. The van der Waals surface area contributed by atoms with E-state index in [4.69, 9.17) is 13.9 Å². The van der Waals surface area contributed by atoms with Crippen LogP contribution in [0.2, 0.25) is 0 Å². The van der Waals surface area contributed by atoms with Gasteiger partial charge in [0.15, 0.2) is 0 Å². The normalized spacial score (nSPS) is 20.0. The van der Waals surface area contributed by atoms with E-state index in [0.717, 1.165) is 56.2 Å². The van der Waals surface area contributed by atoms with E-state index in [9.17, 15) is 4.79 Å². The number of aryl methyl sites for hydroxylation is 1. The lowest BCUT2D eigenvalue weighted by Crippen LogP contribution is -2.38. The Morgan fingerprint density at radius 2 is 1.87 bits per heavy atom. The van der Waals surface area contributed by atoms with Crippen molar-refractivity contribution < 1.29 is 18.7 Å². The first-order chi connectivity index (χ1) is 15.0. The van der Waals surface area contributed by atoms with Crippen molar-refractivity contribution >= 4 is 5.91 Å². The fourth-order valence-corrected chi connectivity index (χ4v) is 4.66. The van der Waals surface area contributed by atoms with E-state index in [1.807, 2.05) is 48.3 Å². The molecule has 6 heteroatoms. The molecule has 2 aromatic rings. The molecule has 1 aromatic carbocycles. The van der Waals surface area contributed by atoms with Gasteiger partial charge in [-0.1, -0.05) is 17.7 Å². The maximum absolute atomic E-state index is 12.9. The molecule has 31 heavy (non-hydrogen) atoms. The highest BCUT2D eigenvalue weighted by Gasteiger charge is 2.58.